The van der Waals surface area contributed by atoms with Crippen LogP contribution in [0.25, 0.3) is 0 Å². The van der Waals surface area contributed by atoms with Gasteiger partial charge < -0.3 is 24.0 Å². The molecule has 0 fully saturated rings. The molecule has 0 unspecified atom stereocenters. The molecular formula is C22H20N2O6. The number of rotatable bonds is 6. The lowest BCUT2D eigenvalue weighted by Crippen LogP contribution is -2.24. The first-order valence-corrected chi connectivity index (χ1v) is 9.37. The van der Waals surface area contributed by atoms with Gasteiger partial charge in [0.15, 0.2) is 30.5 Å². The molecule has 1 aliphatic heterocycles. The number of fused-ring (bicyclic) bond motifs is 1. The molecule has 8 nitrogen and oxygen atoms in total. The van der Waals surface area contributed by atoms with E-state index in [0.717, 1.165) is 22.7 Å². The molecule has 0 aliphatic carbocycles. The van der Waals surface area contributed by atoms with Gasteiger partial charge in [0.2, 0.25) is 12.6 Å². The number of aromatic nitrogens is 2. The van der Waals surface area contributed by atoms with Gasteiger partial charge in [-0.25, -0.2) is 4.79 Å². The summed E-state index contributed by atoms with van der Waals surface area (Å²) in [7, 11) is 0. The van der Waals surface area contributed by atoms with Crippen LogP contribution in [0.5, 0.6) is 11.5 Å². The number of nitrogens with zero attached hydrogens (tertiary/aromatic N) is 2. The van der Waals surface area contributed by atoms with E-state index in [1.54, 1.807) is 6.07 Å². The van der Waals surface area contributed by atoms with Crippen molar-refractivity contribution in [1.29, 1.82) is 0 Å². The standard InChI is InChI=1S/C22H20N2O6/c1-14-9-18(19(25)12-28-22(26)17-5-7-23(27)8-6-17)15(2)24(14)11-16-3-4-20-21(10-16)30-13-29-20/h3-10H,11-13H2,1-2H3. The van der Waals surface area contributed by atoms with E-state index in [1.807, 2.05) is 36.6 Å². The summed E-state index contributed by atoms with van der Waals surface area (Å²) < 4.78 is 18.5. The highest BCUT2D eigenvalue weighted by atomic mass is 16.7. The molecule has 3 heterocycles. The van der Waals surface area contributed by atoms with Crippen molar-refractivity contribution < 1.29 is 28.5 Å². The zero-order chi connectivity index (χ0) is 21.3. The number of carbonyl (C=O) groups is 2. The highest BCUT2D eigenvalue weighted by Gasteiger charge is 2.19. The molecule has 4 rings (SSSR count). The summed E-state index contributed by atoms with van der Waals surface area (Å²) in [5, 5.41) is 11.0. The Morgan fingerprint density at radius 1 is 1.10 bits per heavy atom. The predicted molar refractivity (Wildman–Crippen MR) is 106 cm³/mol. The molecule has 0 N–H and O–H groups in total. The fraction of sp³-hybridized carbons (Fsp3) is 0.227. The fourth-order valence-corrected chi connectivity index (χ4v) is 3.39. The normalized spacial score (nSPS) is 12.1. The van der Waals surface area contributed by atoms with Gasteiger partial charge in [0.1, 0.15) is 0 Å². The minimum absolute atomic E-state index is 0.211. The summed E-state index contributed by atoms with van der Waals surface area (Å²) in [5.74, 6) is 0.490. The van der Waals surface area contributed by atoms with Crippen molar-refractivity contribution in [2.24, 2.45) is 0 Å². The zero-order valence-corrected chi connectivity index (χ0v) is 16.6. The molecule has 30 heavy (non-hydrogen) atoms. The maximum absolute atomic E-state index is 12.6. The van der Waals surface area contributed by atoms with Crippen LogP contribution in [-0.4, -0.2) is 29.7 Å². The van der Waals surface area contributed by atoms with Crippen LogP contribution in [-0.2, 0) is 11.3 Å². The molecule has 0 amide bonds. The minimum atomic E-state index is -0.655. The van der Waals surface area contributed by atoms with E-state index in [-0.39, 0.29) is 24.7 Å². The molecule has 2 aromatic heterocycles. The van der Waals surface area contributed by atoms with Gasteiger partial charge >= 0.3 is 5.97 Å². The lowest BCUT2D eigenvalue weighted by Gasteiger charge is -2.11. The number of ketones is 1. The molecule has 0 saturated heterocycles. The average molecular weight is 408 g/mol. The average Bonchev–Trinajstić information content (AvgIpc) is 3.31. The summed E-state index contributed by atoms with van der Waals surface area (Å²) in [4.78, 5) is 24.7. The van der Waals surface area contributed by atoms with E-state index in [4.69, 9.17) is 14.2 Å². The Labute approximate surface area is 172 Å². The summed E-state index contributed by atoms with van der Waals surface area (Å²) in [6, 6.07) is 10.2. The molecular weight excluding hydrogens is 388 g/mol. The van der Waals surface area contributed by atoms with Crippen LogP contribution < -0.4 is 14.2 Å². The molecule has 0 bridgehead atoms. The Hall–Kier alpha value is -3.81. The first-order chi connectivity index (χ1) is 14.4. The molecule has 1 aromatic carbocycles. The minimum Gasteiger partial charge on any atom is -0.619 e. The number of benzene rings is 1. The van der Waals surface area contributed by atoms with Gasteiger partial charge in [-0.2, -0.15) is 4.73 Å². The molecule has 1 aliphatic rings. The summed E-state index contributed by atoms with van der Waals surface area (Å²) >= 11 is 0. The Bertz CT molecular complexity index is 1120. The smallest absolute Gasteiger partial charge is 0.339 e. The van der Waals surface area contributed by atoms with Crippen molar-refractivity contribution in [3.63, 3.8) is 0 Å². The summed E-state index contributed by atoms with van der Waals surface area (Å²) in [6.45, 7) is 4.20. The number of ether oxygens (including phenoxy) is 3. The van der Waals surface area contributed by atoms with Crippen LogP contribution in [0.4, 0.5) is 0 Å². The third-order valence-electron chi connectivity index (χ3n) is 5.02. The van der Waals surface area contributed by atoms with E-state index >= 15 is 0 Å². The van der Waals surface area contributed by atoms with Gasteiger partial charge in [0, 0.05) is 35.6 Å². The number of Topliss-reactive ketones (excluding diaryl/α,β-unsaturated/α-hetero) is 1. The third-order valence-corrected chi connectivity index (χ3v) is 5.02. The lowest BCUT2D eigenvalue weighted by molar-refractivity contribution is -0.605. The number of pyridine rings is 1. The van der Waals surface area contributed by atoms with E-state index in [9.17, 15) is 14.8 Å². The first-order valence-electron chi connectivity index (χ1n) is 9.37. The third kappa shape index (κ3) is 3.84. The number of hydrogen-bond donors (Lipinski definition) is 0. The monoisotopic (exact) mass is 408 g/mol. The van der Waals surface area contributed by atoms with E-state index in [2.05, 4.69) is 0 Å². The van der Waals surface area contributed by atoms with Gasteiger partial charge in [-0.15, -0.1) is 0 Å². The van der Waals surface area contributed by atoms with Crippen LogP contribution >= 0.6 is 0 Å². The Balaban J connectivity index is 1.45. The van der Waals surface area contributed by atoms with Gasteiger partial charge in [-0.1, -0.05) is 6.07 Å². The number of aryl methyl sites for hydroxylation is 1. The van der Waals surface area contributed by atoms with Crippen molar-refractivity contribution in [2.45, 2.75) is 20.4 Å². The second-order valence-corrected chi connectivity index (χ2v) is 7.00. The van der Waals surface area contributed by atoms with Gasteiger partial charge in [-0.3, -0.25) is 4.79 Å². The quantitative estimate of drug-likeness (QED) is 0.269. The van der Waals surface area contributed by atoms with Crippen LogP contribution in [0.1, 0.15) is 37.7 Å². The van der Waals surface area contributed by atoms with E-state index in [0.29, 0.717) is 22.6 Å². The van der Waals surface area contributed by atoms with Crippen LogP contribution in [0.3, 0.4) is 0 Å². The second-order valence-electron chi connectivity index (χ2n) is 7.00. The van der Waals surface area contributed by atoms with Gasteiger partial charge in [0.05, 0.1) is 5.56 Å². The van der Waals surface area contributed by atoms with Crippen LogP contribution in [0.15, 0.2) is 48.8 Å². The molecule has 8 heteroatoms. The van der Waals surface area contributed by atoms with Crippen molar-refractivity contribution in [2.75, 3.05) is 13.4 Å². The molecule has 0 atom stereocenters. The fourth-order valence-electron chi connectivity index (χ4n) is 3.39. The molecule has 154 valence electrons. The van der Waals surface area contributed by atoms with Gasteiger partial charge in [-0.05, 0) is 37.6 Å². The maximum atomic E-state index is 12.6. The van der Waals surface area contributed by atoms with Crippen LogP contribution in [0, 0.1) is 19.1 Å². The van der Waals surface area contributed by atoms with Crippen LogP contribution in [0.2, 0.25) is 0 Å². The Morgan fingerprint density at radius 2 is 1.83 bits per heavy atom. The van der Waals surface area contributed by atoms with E-state index < -0.39 is 5.97 Å². The molecule has 3 aromatic rings. The van der Waals surface area contributed by atoms with Crippen molar-refractivity contribution in [3.05, 3.63) is 82.1 Å². The van der Waals surface area contributed by atoms with Gasteiger partial charge in [0.25, 0.3) is 0 Å². The lowest BCUT2D eigenvalue weighted by atomic mass is 10.1. The van der Waals surface area contributed by atoms with Crippen molar-refractivity contribution >= 4 is 11.8 Å². The highest BCUT2D eigenvalue weighted by Crippen LogP contribution is 2.33. The Morgan fingerprint density at radius 3 is 2.60 bits per heavy atom. The second kappa shape index (κ2) is 7.90. The topological polar surface area (TPSA) is 93.7 Å². The number of esters is 1. The number of hydrogen-bond acceptors (Lipinski definition) is 6. The summed E-state index contributed by atoms with van der Waals surface area (Å²) in [6.07, 6.45) is 2.39. The van der Waals surface area contributed by atoms with E-state index in [1.165, 1.54) is 24.5 Å². The SMILES string of the molecule is Cc1cc(C(=O)COC(=O)c2cc[n+]([O-])cc2)c(C)n1Cc1ccc2c(c1)OCO2. The Kier molecular flexibility index (Phi) is 5.14. The van der Waals surface area contributed by atoms with Crippen molar-refractivity contribution in [1.82, 2.24) is 4.57 Å². The summed E-state index contributed by atoms with van der Waals surface area (Å²) in [5.41, 5.74) is 3.45. The highest BCUT2D eigenvalue weighted by molar-refractivity contribution is 6.00. The largest absolute Gasteiger partial charge is 0.619 e. The predicted octanol–water partition coefficient (Wildman–Crippen LogP) is 2.56. The zero-order valence-electron chi connectivity index (χ0n) is 16.6. The molecule has 0 radical (unpaired) electrons. The molecule has 0 spiro atoms. The maximum Gasteiger partial charge on any atom is 0.339 e. The van der Waals surface area contributed by atoms with Crippen molar-refractivity contribution in [3.8, 4) is 11.5 Å². The molecule has 0 saturated carbocycles. The number of carbonyl (C=O) groups excluding carboxylic acids is 2. The first kappa shape index (κ1) is 19.5.